The normalized spacial score (nSPS) is 20.2. The molecule has 2 fully saturated rings. The summed E-state index contributed by atoms with van der Waals surface area (Å²) >= 11 is 0. The van der Waals surface area contributed by atoms with E-state index in [1.54, 1.807) is 13.3 Å². The predicted octanol–water partition coefficient (Wildman–Crippen LogP) is 1.16. The Morgan fingerprint density at radius 3 is 2.72 bits per heavy atom. The number of nitrogens with zero attached hydrogens (tertiary/aromatic N) is 4. The molecule has 0 aliphatic carbocycles. The summed E-state index contributed by atoms with van der Waals surface area (Å²) in [5.41, 5.74) is 0.469. The number of piperidine rings is 1. The lowest BCUT2D eigenvalue weighted by molar-refractivity contribution is -0.124. The molecule has 0 aromatic carbocycles. The van der Waals surface area contributed by atoms with E-state index in [0.717, 1.165) is 88.5 Å². The molecule has 2 aromatic heterocycles. The van der Waals surface area contributed by atoms with Crippen LogP contribution in [0.15, 0.2) is 18.6 Å². The number of carbonyl (C=O) groups excluding carboxylic acids is 1. The number of Topliss-reactive ketones (excluding diaryl/α,β-unsaturated/α-hetero) is 1. The van der Waals surface area contributed by atoms with Crippen molar-refractivity contribution >= 4 is 22.6 Å². The smallest absolute Gasteiger partial charge is 0.149 e. The third kappa shape index (κ3) is 4.60. The molecule has 158 valence electrons. The summed E-state index contributed by atoms with van der Waals surface area (Å²) in [6.07, 6.45) is 7.43. The second-order valence-corrected chi connectivity index (χ2v) is 8.29. The first-order valence-corrected chi connectivity index (χ1v) is 10.9. The van der Waals surface area contributed by atoms with Crippen LogP contribution in [0, 0.1) is 0 Å². The standard InChI is InChI=1S/C21H33N7O/c1-17(29)21(26-7-2-3-11-27-14-9-22-10-15-27)5-12-28(13-6-21)20-18-4-8-23-19(18)24-16-25-20/h4,8,16,22,26H,2-3,5-7,9-15H2,1H3,(H,23,24,25). The monoisotopic (exact) mass is 399 g/mol. The van der Waals surface area contributed by atoms with Gasteiger partial charge in [0.05, 0.1) is 10.9 Å². The van der Waals surface area contributed by atoms with Gasteiger partial charge in [0.2, 0.25) is 0 Å². The second kappa shape index (κ2) is 9.19. The number of aromatic nitrogens is 3. The summed E-state index contributed by atoms with van der Waals surface area (Å²) in [6, 6.07) is 2.02. The minimum absolute atomic E-state index is 0.258. The van der Waals surface area contributed by atoms with E-state index in [4.69, 9.17) is 0 Å². The minimum Gasteiger partial charge on any atom is -0.356 e. The molecule has 0 amide bonds. The molecule has 2 aromatic rings. The van der Waals surface area contributed by atoms with Gasteiger partial charge < -0.3 is 25.4 Å². The van der Waals surface area contributed by atoms with Gasteiger partial charge in [0, 0.05) is 45.5 Å². The molecule has 0 bridgehead atoms. The zero-order valence-electron chi connectivity index (χ0n) is 17.4. The van der Waals surface area contributed by atoms with E-state index >= 15 is 0 Å². The fourth-order valence-corrected chi connectivity index (χ4v) is 4.59. The maximum atomic E-state index is 12.5. The Morgan fingerprint density at radius 2 is 1.97 bits per heavy atom. The molecular weight excluding hydrogens is 366 g/mol. The molecule has 4 rings (SSSR count). The number of hydrogen-bond donors (Lipinski definition) is 3. The van der Waals surface area contributed by atoms with Crippen LogP contribution in [0.3, 0.4) is 0 Å². The molecule has 0 atom stereocenters. The van der Waals surface area contributed by atoms with Crippen molar-refractivity contribution in [2.75, 3.05) is 57.3 Å². The van der Waals surface area contributed by atoms with Crippen LogP contribution in [0.25, 0.3) is 11.0 Å². The summed E-state index contributed by atoms with van der Waals surface area (Å²) in [7, 11) is 0. The highest BCUT2D eigenvalue weighted by atomic mass is 16.1. The Labute approximate surface area is 172 Å². The van der Waals surface area contributed by atoms with Crippen LogP contribution in [-0.2, 0) is 4.79 Å². The number of unbranched alkanes of at least 4 members (excludes halogenated alkanes) is 1. The molecule has 0 radical (unpaired) electrons. The van der Waals surface area contributed by atoms with Gasteiger partial charge in [-0.2, -0.15) is 0 Å². The van der Waals surface area contributed by atoms with Crippen molar-refractivity contribution in [2.45, 2.75) is 38.1 Å². The SMILES string of the molecule is CC(=O)C1(NCCCCN2CCNCC2)CCN(c2ncnc3[nH]ccc23)CC1. The minimum atomic E-state index is -0.393. The van der Waals surface area contributed by atoms with Gasteiger partial charge in [0.15, 0.2) is 0 Å². The van der Waals surface area contributed by atoms with Crippen molar-refractivity contribution in [3.63, 3.8) is 0 Å². The number of piperazine rings is 1. The van der Waals surface area contributed by atoms with Gasteiger partial charge in [0.1, 0.15) is 23.6 Å². The third-order valence-electron chi connectivity index (χ3n) is 6.50. The number of hydrogen-bond acceptors (Lipinski definition) is 7. The third-order valence-corrected chi connectivity index (χ3v) is 6.50. The van der Waals surface area contributed by atoms with Crippen molar-refractivity contribution in [1.82, 2.24) is 30.5 Å². The average Bonchev–Trinajstić information content (AvgIpc) is 3.24. The predicted molar refractivity (Wildman–Crippen MR) is 115 cm³/mol. The highest BCUT2D eigenvalue weighted by molar-refractivity contribution is 5.89. The van der Waals surface area contributed by atoms with Gasteiger partial charge >= 0.3 is 0 Å². The number of rotatable bonds is 8. The van der Waals surface area contributed by atoms with Crippen molar-refractivity contribution in [3.8, 4) is 0 Å². The number of ketones is 1. The number of H-pyrrole nitrogens is 1. The summed E-state index contributed by atoms with van der Waals surface area (Å²) in [4.78, 5) is 29.3. The maximum absolute atomic E-state index is 12.5. The Morgan fingerprint density at radius 1 is 1.17 bits per heavy atom. The molecule has 8 heteroatoms. The lowest BCUT2D eigenvalue weighted by atomic mass is 9.83. The summed E-state index contributed by atoms with van der Waals surface area (Å²) in [5, 5.41) is 8.07. The van der Waals surface area contributed by atoms with E-state index in [1.165, 1.54) is 6.42 Å². The van der Waals surface area contributed by atoms with Crippen LogP contribution in [-0.4, -0.2) is 83.5 Å². The van der Waals surface area contributed by atoms with E-state index in [1.807, 2.05) is 12.3 Å². The van der Waals surface area contributed by atoms with Crippen LogP contribution in [0.2, 0.25) is 0 Å². The Hall–Kier alpha value is -2.03. The van der Waals surface area contributed by atoms with Gasteiger partial charge in [-0.25, -0.2) is 9.97 Å². The highest BCUT2D eigenvalue weighted by Crippen LogP contribution is 2.29. The zero-order valence-corrected chi connectivity index (χ0v) is 17.4. The molecular formula is C21H33N7O. The second-order valence-electron chi connectivity index (χ2n) is 8.29. The van der Waals surface area contributed by atoms with E-state index < -0.39 is 5.54 Å². The Bertz CT molecular complexity index is 806. The van der Waals surface area contributed by atoms with Crippen molar-refractivity contribution in [3.05, 3.63) is 18.6 Å². The Balaban J connectivity index is 1.28. The molecule has 29 heavy (non-hydrogen) atoms. The number of anilines is 1. The van der Waals surface area contributed by atoms with Gasteiger partial charge in [-0.05, 0) is 51.8 Å². The van der Waals surface area contributed by atoms with Crippen LogP contribution < -0.4 is 15.5 Å². The molecule has 2 aliphatic rings. The highest BCUT2D eigenvalue weighted by Gasteiger charge is 2.38. The van der Waals surface area contributed by atoms with E-state index in [0.29, 0.717) is 0 Å². The Kier molecular flexibility index (Phi) is 6.42. The van der Waals surface area contributed by atoms with Gasteiger partial charge in [0.25, 0.3) is 0 Å². The molecule has 2 saturated heterocycles. The molecule has 0 saturated carbocycles. The number of aromatic amines is 1. The molecule has 4 heterocycles. The first-order valence-electron chi connectivity index (χ1n) is 10.9. The van der Waals surface area contributed by atoms with E-state index in [-0.39, 0.29) is 5.78 Å². The van der Waals surface area contributed by atoms with Gasteiger partial charge in [-0.3, -0.25) is 4.79 Å². The zero-order chi connectivity index (χ0) is 20.1. The summed E-state index contributed by atoms with van der Waals surface area (Å²) in [6.45, 7) is 9.95. The largest absolute Gasteiger partial charge is 0.356 e. The fourth-order valence-electron chi connectivity index (χ4n) is 4.59. The number of fused-ring (bicyclic) bond motifs is 1. The summed E-state index contributed by atoms with van der Waals surface area (Å²) < 4.78 is 0. The summed E-state index contributed by atoms with van der Waals surface area (Å²) in [5.74, 6) is 1.22. The van der Waals surface area contributed by atoms with Crippen molar-refractivity contribution in [1.29, 1.82) is 0 Å². The lowest BCUT2D eigenvalue weighted by Gasteiger charge is -2.41. The lowest BCUT2D eigenvalue weighted by Crippen LogP contribution is -2.58. The molecule has 8 nitrogen and oxygen atoms in total. The van der Waals surface area contributed by atoms with Crippen LogP contribution in [0.5, 0.6) is 0 Å². The maximum Gasteiger partial charge on any atom is 0.149 e. The van der Waals surface area contributed by atoms with Crippen molar-refractivity contribution < 1.29 is 4.79 Å². The molecule has 0 unspecified atom stereocenters. The molecule has 2 aliphatic heterocycles. The van der Waals surface area contributed by atoms with Crippen molar-refractivity contribution in [2.24, 2.45) is 0 Å². The first kappa shape index (κ1) is 20.3. The van der Waals surface area contributed by atoms with E-state index in [2.05, 4.69) is 35.4 Å². The fraction of sp³-hybridized carbons (Fsp3) is 0.667. The van der Waals surface area contributed by atoms with E-state index in [9.17, 15) is 4.79 Å². The molecule has 3 N–H and O–H groups in total. The quantitative estimate of drug-likeness (QED) is 0.574. The number of carbonyl (C=O) groups is 1. The first-order chi connectivity index (χ1) is 14.2. The van der Waals surface area contributed by atoms with Gasteiger partial charge in [-0.1, -0.05) is 0 Å². The van der Waals surface area contributed by atoms with Crippen LogP contribution in [0.1, 0.15) is 32.6 Å². The topological polar surface area (TPSA) is 89.2 Å². The molecule has 0 spiro atoms. The van der Waals surface area contributed by atoms with Crippen LogP contribution in [0.4, 0.5) is 5.82 Å². The van der Waals surface area contributed by atoms with Gasteiger partial charge in [-0.15, -0.1) is 0 Å². The number of nitrogens with one attached hydrogen (secondary N) is 3. The average molecular weight is 400 g/mol. The van der Waals surface area contributed by atoms with Crippen LogP contribution >= 0.6 is 0 Å².